The van der Waals surface area contributed by atoms with Gasteiger partial charge in [0.05, 0.1) is 22.8 Å². The predicted molar refractivity (Wildman–Crippen MR) is 161 cm³/mol. The number of pyridine rings is 4. The van der Waals surface area contributed by atoms with Crippen LogP contribution in [0.5, 0.6) is 5.88 Å². The largest absolute Gasteiger partial charge is 0.477 e. The van der Waals surface area contributed by atoms with E-state index >= 15 is 4.39 Å². The summed E-state index contributed by atoms with van der Waals surface area (Å²) in [6.07, 6.45) is 5.85. The van der Waals surface area contributed by atoms with Crippen LogP contribution in [0.25, 0.3) is 16.7 Å². The van der Waals surface area contributed by atoms with Crippen LogP contribution in [0.2, 0.25) is 5.02 Å². The second kappa shape index (κ2) is 11.1. The molecule has 0 unspecified atom stereocenters. The van der Waals surface area contributed by atoms with Gasteiger partial charge in [0.1, 0.15) is 23.0 Å². The zero-order valence-corrected chi connectivity index (χ0v) is 24.8. The van der Waals surface area contributed by atoms with E-state index in [2.05, 4.69) is 24.8 Å². The first-order valence-electron chi connectivity index (χ1n) is 13.9. The Hall–Kier alpha value is -4.29. The number of halogens is 2. The van der Waals surface area contributed by atoms with E-state index in [4.69, 9.17) is 16.3 Å². The molecule has 6 rings (SSSR count). The molecule has 0 amide bonds. The van der Waals surface area contributed by atoms with Gasteiger partial charge in [-0.3, -0.25) is 9.36 Å². The molecule has 0 radical (unpaired) electrons. The number of hydrogen-bond donors (Lipinski definition) is 1. The van der Waals surface area contributed by atoms with Crippen LogP contribution < -0.4 is 20.0 Å². The number of fused-ring (bicyclic) bond motifs is 1. The van der Waals surface area contributed by atoms with Gasteiger partial charge in [-0.15, -0.1) is 0 Å². The van der Waals surface area contributed by atoms with Gasteiger partial charge in [-0.05, 0) is 64.2 Å². The number of anilines is 2. The molecule has 0 saturated carbocycles. The Morgan fingerprint density at radius 1 is 1.26 bits per heavy atom. The Balaban J connectivity index is 1.39. The molecule has 1 atom stereocenters. The zero-order valence-electron chi connectivity index (χ0n) is 24.0. The molecule has 2 fully saturated rings. The first kappa shape index (κ1) is 28.8. The monoisotopic (exact) mass is 607 g/mol. The maximum atomic E-state index is 15.8. The molecule has 2 aliphatic rings. The van der Waals surface area contributed by atoms with E-state index < -0.39 is 28.3 Å². The average molecular weight is 608 g/mol. The summed E-state index contributed by atoms with van der Waals surface area (Å²) < 4.78 is 23.2. The first-order chi connectivity index (χ1) is 20.6. The number of ether oxygens (including phenoxy) is 1. The number of aromatic carboxylic acids is 1. The minimum absolute atomic E-state index is 0.0410. The summed E-state index contributed by atoms with van der Waals surface area (Å²) in [6.45, 7) is 4.31. The summed E-state index contributed by atoms with van der Waals surface area (Å²) in [5.41, 5.74) is -1.34. The molecule has 1 N–H and O–H groups in total. The lowest BCUT2D eigenvalue weighted by Crippen LogP contribution is -2.57. The first-order valence-corrected chi connectivity index (χ1v) is 14.3. The van der Waals surface area contributed by atoms with Gasteiger partial charge in [-0.1, -0.05) is 11.6 Å². The van der Waals surface area contributed by atoms with Gasteiger partial charge < -0.3 is 24.5 Å². The maximum absolute atomic E-state index is 15.8. The van der Waals surface area contributed by atoms with Crippen molar-refractivity contribution < 1.29 is 19.0 Å². The highest BCUT2D eigenvalue weighted by molar-refractivity contribution is 6.31. The standard InChI is InChI=1S/C30H31ClFN7O4/c1-30(17-43-28-22(31)6-4-10-33-28)9-5-11-39(30)27-23(32)12-20-25(40)21(29(41)42)16-38(26(20)35-27)18-7-8-24(34-13-18)37-14-19(15-37)36(2)3/h4,6-8,10,12-13,16,19H,5,9,11,14-15,17H2,1-3H3,(H,41,42)/t30-/m0/s1. The number of carbonyl (C=O) groups is 1. The highest BCUT2D eigenvalue weighted by Crippen LogP contribution is 2.36. The molecule has 6 heterocycles. The number of hydrogen-bond acceptors (Lipinski definition) is 9. The van der Waals surface area contributed by atoms with E-state index in [0.29, 0.717) is 29.7 Å². The van der Waals surface area contributed by atoms with Crippen molar-refractivity contribution in [1.29, 1.82) is 0 Å². The van der Waals surface area contributed by atoms with Gasteiger partial charge in [0, 0.05) is 38.1 Å². The SMILES string of the molecule is CN(C)C1CN(c2ccc(-n3cc(C(=O)O)c(=O)c4cc(F)c(N5CCC[C@@]5(C)COc5ncccc5Cl)nc43)cn2)C1. The van der Waals surface area contributed by atoms with Gasteiger partial charge >= 0.3 is 5.97 Å². The van der Waals surface area contributed by atoms with Crippen LogP contribution in [-0.4, -0.2) is 87.4 Å². The lowest BCUT2D eigenvalue weighted by molar-refractivity contribution is 0.0695. The molecule has 2 saturated heterocycles. The van der Waals surface area contributed by atoms with Crippen LogP contribution in [0.1, 0.15) is 30.1 Å². The van der Waals surface area contributed by atoms with E-state index in [0.717, 1.165) is 31.4 Å². The normalized spacial score (nSPS) is 18.8. The van der Waals surface area contributed by atoms with Crippen LogP contribution in [0.15, 0.2) is 53.7 Å². The average Bonchev–Trinajstić information content (AvgIpc) is 3.33. The summed E-state index contributed by atoms with van der Waals surface area (Å²) >= 11 is 6.22. The quantitative estimate of drug-likeness (QED) is 0.316. The second-order valence-corrected chi connectivity index (χ2v) is 11.8. The Kier molecular flexibility index (Phi) is 7.43. The van der Waals surface area contributed by atoms with Gasteiger partial charge in [-0.25, -0.2) is 24.1 Å². The van der Waals surface area contributed by atoms with Gasteiger partial charge in [0.25, 0.3) is 0 Å². The molecule has 43 heavy (non-hydrogen) atoms. The summed E-state index contributed by atoms with van der Waals surface area (Å²) in [7, 11) is 4.08. The molecular formula is C30H31ClFN7O4. The highest BCUT2D eigenvalue weighted by Gasteiger charge is 2.40. The summed E-state index contributed by atoms with van der Waals surface area (Å²) in [5, 5.41) is 10.0. The third kappa shape index (κ3) is 5.25. The fourth-order valence-corrected chi connectivity index (χ4v) is 5.84. The molecule has 224 valence electrons. The zero-order chi connectivity index (χ0) is 30.5. The van der Waals surface area contributed by atoms with E-state index in [1.165, 1.54) is 10.8 Å². The molecule has 13 heteroatoms. The van der Waals surface area contributed by atoms with Crippen molar-refractivity contribution in [2.24, 2.45) is 0 Å². The highest BCUT2D eigenvalue weighted by atomic mass is 35.5. The Bertz CT molecular complexity index is 1760. The van der Waals surface area contributed by atoms with Crippen LogP contribution in [0.4, 0.5) is 16.0 Å². The van der Waals surface area contributed by atoms with Gasteiger partial charge in [0.15, 0.2) is 17.3 Å². The molecule has 0 aromatic carbocycles. The molecule has 4 aromatic rings. The summed E-state index contributed by atoms with van der Waals surface area (Å²) in [6, 6.07) is 8.53. The lowest BCUT2D eigenvalue weighted by Gasteiger charge is -2.43. The van der Waals surface area contributed by atoms with E-state index in [1.54, 1.807) is 30.6 Å². The van der Waals surface area contributed by atoms with Gasteiger partial charge in [-0.2, -0.15) is 0 Å². The third-order valence-corrected chi connectivity index (χ3v) is 8.61. The van der Waals surface area contributed by atoms with Crippen molar-refractivity contribution in [1.82, 2.24) is 24.4 Å². The van der Waals surface area contributed by atoms with E-state index in [-0.39, 0.29) is 29.3 Å². The lowest BCUT2D eigenvalue weighted by atomic mass is 10.00. The fraction of sp³-hybridized carbons (Fsp3) is 0.367. The molecule has 2 aliphatic heterocycles. The van der Waals surface area contributed by atoms with Crippen LogP contribution in [0, 0.1) is 5.82 Å². The van der Waals surface area contributed by atoms with Crippen molar-refractivity contribution in [3.05, 3.63) is 75.5 Å². The molecule has 0 aliphatic carbocycles. The number of rotatable bonds is 8. The third-order valence-electron chi connectivity index (χ3n) is 8.32. The Labute approximate surface area is 252 Å². The van der Waals surface area contributed by atoms with Crippen molar-refractivity contribution >= 4 is 40.2 Å². The van der Waals surface area contributed by atoms with Crippen molar-refractivity contribution in [2.75, 3.05) is 50.1 Å². The fourth-order valence-electron chi connectivity index (χ4n) is 5.67. The van der Waals surface area contributed by atoms with Crippen molar-refractivity contribution in [3.8, 4) is 11.6 Å². The molecule has 0 bridgehead atoms. The van der Waals surface area contributed by atoms with Crippen LogP contribution in [0.3, 0.4) is 0 Å². The number of carboxylic acids is 1. The van der Waals surface area contributed by atoms with Crippen LogP contribution in [-0.2, 0) is 0 Å². The molecular weight excluding hydrogens is 577 g/mol. The smallest absolute Gasteiger partial charge is 0.341 e. The number of nitrogens with zero attached hydrogens (tertiary/aromatic N) is 7. The van der Waals surface area contributed by atoms with Crippen LogP contribution >= 0.6 is 11.6 Å². The minimum atomic E-state index is -1.41. The van der Waals surface area contributed by atoms with Crippen molar-refractivity contribution in [3.63, 3.8) is 0 Å². The number of likely N-dealkylation sites (N-methyl/N-ethyl adjacent to an activating group) is 1. The molecule has 11 nitrogen and oxygen atoms in total. The molecule has 0 spiro atoms. The topological polar surface area (TPSA) is 117 Å². The maximum Gasteiger partial charge on any atom is 0.341 e. The summed E-state index contributed by atoms with van der Waals surface area (Å²) in [4.78, 5) is 44.7. The Morgan fingerprint density at radius 3 is 2.72 bits per heavy atom. The van der Waals surface area contributed by atoms with E-state index in [1.807, 2.05) is 32.0 Å². The number of carboxylic acid groups (broad SMARTS) is 1. The Morgan fingerprint density at radius 2 is 2.05 bits per heavy atom. The number of aromatic nitrogens is 4. The second-order valence-electron chi connectivity index (χ2n) is 11.4. The van der Waals surface area contributed by atoms with Gasteiger partial charge in [0.2, 0.25) is 11.3 Å². The molecule has 4 aromatic heterocycles. The van der Waals surface area contributed by atoms with E-state index in [9.17, 15) is 14.7 Å². The predicted octanol–water partition coefficient (Wildman–Crippen LogP) is 3.85. The summed E-state index contributed by atoms with van der Waals surface area (Å²) in [5.74, 6) is -1.04. The minimum Gasteiger partial charge on any atom is -0.477 e. The van der Waals surface area contributed by atoms with Crippen molar-refractivity contribution in [2.45, 2.75) is 31.3 Å².